The lowest BCUT2D eigenvalue weighted by Gasteiger charge is -2.24. The lowest BCUT2D eigenvalue weighted by Crippen LogP contribution is -2.37. The number of amides is 1. The van der Waals surface area contributed by atoms with Gasteiger partial charge in [-0.05, 0) is 19.1 Å². The Morgan fingerprint density at radius 1 is 1.48 bits per heavy atom. The first-order chi connectivity index (χ1) is 10.1. The minimum absolute atomic E-state index is 0.0774. The molecule has 0 spiro atoms. The predicted molar refractivity (Wildman–Crippen MR) is 80.3 cm³/mol. The van der Waals surface area contributed by atoms with Crippen LogP contribution in [0, 0.1) is 12.8 Å². The SMILES string of the molecule is Cc1cnc2n(c1=O)CC(C(=O)Nc1cccnc1)CS2. The van der Waals surface area contributed by atoms with Gasteiger partial charge in [0.15, 0.2) is 5.16 Å². The summed E-state index contributed by atoms with van der Waals surface area (Å²) in [5, 5.41) is 3.50. The van der Waals surface area contributed by atoms with E-state index in [0.717, 1.165) is 0 Å². The molecular formula is C14H14N4O2S. The number of nitrogens with zero attached hydrogens (tertiary/aromatic N) is 3. The number of anilines is 1. The molecule has 3 rings (SSSR count). The van der Waals surface area contributed by atoms with Crippen molar-refractivity contribution in [3.63, 3.8) is 0 Å². The van der Waals surface area contributed by atoms with Crippen molar-refractivity contribution < 1.29 is 4.79 Å². The average molecular weight is 302 g/mol. The van der Waals surface area contributed by atoms with Gasteiger partial charge in [-0.2, -0.15) is 0 Å². The number of carbonyl (C=O) groups excluding carboxylic acids is 1. The number of nitrogens with one attached hydrogen (secondary N) is 1. The van der Waals surface area contributed by atoms with Crippen LogP contribution >= 0.6 is 11.8 Å². The van der Waals surface area contributed by atoms with Gasteiger partial charge >= 0.3 is 0 Å². The third-order valence-corrected chi connectivity index (χ3v) is 4.45. The highest BCUT2D eigenvalue weighted by Crippen LogP contribution is 2.25. The average Bonchev–Trinajstić information content (AvgIpc) is 2.52. The molecular weight excluding hydrogens is 288 g/mol. The number of fused-ring (bicyclic) bond motifs is 1. The van der Waals surface area contributed by atoms with Crippen molar-refractivity contribution in [3.05, 3.63) is 46.6 Å². The molecule has 1 N–H and O–H groups in total. The van der Waals surface area contributed by atoms with Crippen LogP contribution in [-0.4, -0.2) is 26.2 Å². The van der Waals surface area contributed by atoms with Gasteiger partial charge in [0.05, 0.1) is 17.8 Å². The van der Waals surface area contributed by atoms with Crippen LogP contribution < -0.4 is 10.9 Å². The van der Waals surface area contributed by atoms with Crippen LogP contribution in [0.1, 0.15) is 5.56 Å². The zero-order valence-electron chi connectivity index (χ0n) is 11.4. The molecule has 0 bridgehead atoms. The number of hydrogen-bond donors (Lipinski definition) is 1. The van der Waals surface area contributed by atoms with Crippen LogP contribution in [0.15, 0.2) is 40.7 Å². The highest BCUT2D eigenvalue weighted by molar-refractivity contribution is 7.99. The van der Waals surface area contributed by atoms with Crippen LogP contribution in [0.2, 0.25) is 0 Å². The van der Waals surface area contributed by atoms with E-state index in [1.165, 1.54) is 11.8 Å². The number of carbonyl (C=O) groups is 1. The van der Waals surface area contributed by atoms with Gasteiger partial charge in [0, 0.05) is 30.3 Å². The first-order valence-corrected chi connectivity index (χ1v) is 7.54. The van der Waals surface area contributed by atoms with E-state index in [-0.39, 0.29) is 17.4 Å². The summed E-state index contributed by atoms with van der Waals surface area (Å²) in [6.45, 7) is 2.09. The fourth-order valence-electron chi connectivity index (χ4n) is 2.14. The molecule has 2 aromatic rings. The fraction of sp³-hybridized carbons (Fsp3) is 0.286. The molecule has 1 amide bonds. The quantitative estimate of drug-likeness (QED) is 0.846. The van der Waals surface area contributed by atoms with E-state index in [1.54, 1.807) is 42.2 Å². The highest BCUT2D eigenvalue weighted by atomic mass is 32.2. The van der Waals surface area contributed by atoms with Gasteiger partial charge in [-0.1, -0.05) is 11.8 Å². The monoisotopic (exact) mass is 302 g/mol. The molecule has 0 saturated carbocycles. The van der Waals surface area contributed by atoms with E-state index in [2.05, 4.69) is 15.3 Å². The molecule has 1 aliphatic heterocycles. The smallest absolute Gasteiger partial charge is 0.257 e. The van der Waals surface area contributed by atoms with Crippen molar-refractivity contribution in [3.8, 4) is 0 Å². The maximum atomic E-state index is 12.3. The zero-order valence-corrected chi connectivity index (χ0v) is 12.3. The summed E-state index contributed by atoms with van der Waals surface area (Å²) in [7, 11) is 0. The second kappa shape index (κ2) is 5.69. The van der Waals surface area contributed by atoms with Crippen molar-refractivity contribution in [1.82, 2.24) is 14.5 Å². The zero-order chi connectivity index (χ0) is 14.8. The molecule has 21 heavy (non-hydrogen) atoms. The maximum absolute atomic E-state index is 12.3. The Morgan fingerprint density at radius 2 is 2.33 bits per heavy atom. The Balaban J connectivity index is 1.78. The summed E-state index contributed by atoms with van der Waals surface area (Å²) >= 11 is 1.43. The van der Waals surface area contributed by atoms with Crippen LogP contribution in [0.3, 0.4) is 0 Å². The molecule has 1 atom stereocenters. The van der Waals surface area contributed by atoms with Crippen LogP contribution in [-0.2, 0) is 11.3 Å². The van der Waals surface area contributed by atoms with E-state index < -0.39 is 0 Å². The van der Waals surface area contributed by atoms with Crippen LogP contribution in [0.25, 0.3) is 0 Å². The Labute approximate surface area is 125 Å². The number of hydrogen-bond acceptors (Lipinski definition) is 5. The molecule has 0 aromatic carbocycles. The number of aromatic nitrogens is 3. The molecule has 7 heteroatoms. The standard InChI is InChI=1S/C14H14N4O2S/c1-9-5-16-14-18(13(9)20)7-10(8-21-14)12(19)17-11-3-2-4-15-6-11/h2-6,10H,7-8H2,1H3,(H,17,19). The Hall–Kier alpha value is -2.15. The Bertz CT molecular complexity index is 729. The minimum atomic E-state index is -0.260. The van der Waals surface area contributed by atoms with E-state index >= 15 is 0 Å². The molecule has 0 saturated heterocycles. The van der Waals surface area contributed by atoms with E-state index in [0.29, 0.717) is 28.7 Å². The molecule has 2 aromatic heterocycles. The van der Waals surface area contributed by atoms with Crippen molar-refractivity contribution in [1.29, 1.82) is 0 Å². The molecule has 0 aliphatic carbocycles. The second-order valence-electron chi connectivity index (χ2n) is 4.88. The van der Waals surface area contributed by atoms with Crippen molar-refractivity contribution in [2.24, 2.45) is 5.92 Å². The summed E-state index contributed by atoms with van der Waals surface area (Å²) < 4.78 is 1.58. The van der Waals surface area contributed by atoms with Gasteiger partial charge in [-0.15, -0.1) is 0 Å². The Morgan fingerprint density at radius 3 is 3.10 bits per heavy atom. The van der Waals surface area contributed by atoms with E-state index in [1.807, 2.05) is 0 Å². The van der Waals surface area contributed by atoms with Gasteiger partial charge in [0.25, 0.3) is 5.56 Å². The fourth-order valence-corrected chi connectivity index (χ4v) is 3.19. The molecule has 1 unspecified atom stereocenters. The first-order valence-electron chi connectivity index (χ1n) is 6.55. The first kappa shape index (κ1) is 13.8. The minimum Gasteiger partial charge on any atom is -0.324 e. The number of pyridine rings is 1. The molecule has 0 fully saturated rings. The maximum Gasteiger partial charge on any atom is 0.257 e. The Kier molecular flexibility index (Phi) is 3.74. The summed E-state index contributed by atoms with van der Waals surface area (Å²) in [5.41, 5.74) is 1.17. The predicted octanol–water partition coefficient (Wildman–Crippen LogP) is 1.31. The lowest BCUT2D eigenvalue weighted by molar-refractivity contribution is -0.119. The van der Waals surface area contributed by atoms with E-state index in [4.69, 9.17) is 0 Å². The molecule has 6 nitrogen and oxygen atoms in total. The van der Waals surface area contributed by atoms with Crippen molar-refractivity contribution in [2.75, 3.05) is 11.1 Å². The molecule has 1 aliphatic rings. The van der Waals surface area contributed by atoms with Gasteiger partial charge in [0.2, 0.25) is 5.91 Å². The summed E-state index contributed by atoms with van der Waals surface area (Å²) in [5.74, 6) is 0.250. The van der Waals surface area contributed by atoms with Crippen molar-refractivity contribution >= 4 is 23.4 Å². The third-order valence-electron chi connectivity index (χ3n) is 3.30. The van der Waals surface area contributed by atoms with Gasteiger partial charge in [0.1, 0.15) is 0 Å². The number of thioether (sulfide) groups is 1. The third kappa shape index (κ3) is 2.82. The summed E-state index contributed by atoms with van der Waals surface area (Å²) in [6, 6.07) is 3.55. The highest BCUT2D eigenvalue weighted by Gasteiger charge is 2.27. The lowest BCUT2D eigenvalue weighted by atomic mass is 10.1. The van der Waals surface area contributed by atoms with Crippen LogP contribution in [0.5, 0.6) is 0 Å². The summed E-state index contributed by atoms with van der Waals surface area (Å²) in [4.78, 5) is 32.6. The second-order valence-corrected chi connectivity index (χ2v) is 5.87. The molecule has 3 heterocycles. The number of rotatable bonds is 2. The van der Waals surface area contributed by atoms with Gasteiger partial charge < -0.3 is 5.32 Å². The normalized spacial score (nSPS) is 17.1. The van der Waals surface area contributed by atoms with Gasteiger partial charge in [-0.3, -0.25) is 19.1 Å². The topological polar surface area (TPSA) is 76.9 Å². The van der Waals surface area contributed by atoms with Crippen LogP contribution in [0.4, 0.5) is 5.69 Å². The van der Waals surface area contributed by atoms with E-state index in [9.17, 15) is 9.59 Å². The molecule has 0 radical (unpaired) electrons. The number of aryl methyl sites for hydroxylation is 1. The summed E-state index contributed by atoms with van der Waals surface area (Å²) in [6.07, 6.45) is 4.83. The largest absolute Gasteiger partial charge is 0.324 e. The van der Waals surface area contributed by atoms with Crippen molar-refractivity contribution in [2.45, 2.75) is 18.6 Å². The molecule has 108 valence electrons. The van der Waals surface area contributed by atoms with Gasteiger partial charge in [-0.25, -0.2) is 4.98 Å².